The van der Waals surface area contributed by atoms with Gasteiger partial charge < -0.3 is 9.64 Å². The third-order valence-electron chi connectivity index (χ3n) is 6.43. The Bertz CT molecular complexity index is 1090. The molecule has 0 saturated heterocycles. The minimum Gasteiger partial charge on any atom is -0.461 e. The van der Waals surface area contributed by atoms with E-state index >= 15 is 0 Å². The second kappa shape index (κ2) is 14.2. The Morgan fingerprint density at radius 3 is 2.36 bits per heavy atom. The molecule has 4 rings (SSSR count). The first-order chi connectivity index (χ1) is 17.5. The van der Waals surface area contributed by atoms with Gasteiger partial charge >= 0.3 is 5.97 Å². The Morgan fingerprint density at radius 2 is 1.78 bits per heavy atom. The second-order valence-electron chi connectivity index (χ2n) is 9.16. The summed E-state index contributed by atoms with van der Waals surface area (Å²) >= 11 is 0. The van der Waals surface area contributed by atoms with Crippen LogP contribution < -0.4 is 0 Å². The number of carbonyl (C=O) groups excluding carboxylic acids is 1. The molecule has 1 aromatic carbocycles. The third-order valence-corrected chi connectivity index (χ3v) is 6.43. The summed E-state index contributed by atoms with van der Waals surface area (Å²) in [5.74, 6) is -0.218. The molecule has 0 bridgehead atoms. The number of allylic oxidation sites excluding steroid dienone is 6. The Kier molecular flexibility index (Phi) is 10.7. The maximum Gasteiger partial charge on any atom is 0.302 e. The van der Waals surface area contributed by atoms with E-state index in [2.05, 4.69) is 86.0 Å². The monoisotopic (exact) mass is 484 g/mol. The predicted molar refractivity (Wildman–Crippen MR) is 150 cm³/mol. The highest BCUT2D eigenvalue weighted by atomic mass is 16.5. The molecule has 4 nitrogen and oxygen atoms in total. The van der Waals surface area contributed by atoms with E-state index in [-0.39, 0.29) is 12.0 Å². The van der Waals surface area contributed by atoms with Crippen molar-refractivity contribution in [1.29, 1.82) is 0 Å². The van der Waals surface area contributed by atoms with E-state index in [0.717, 1.165) is 56.2 Å². The van der Waals surface area contributed by atoms with Gasteiger partial charge in [-0.25, -0.2) is 4.99 Å². The lowest BCUT2D eigenvalue weighted by Gasteiger charge is -2.37. The first-order valence-electron chi connectivity index (χ1n) is 13.2. The molecule has 1 heterocycles. The molecular weight excluding hydrogens is 444 g/mol. The second-order valence-corrected chi connectivity index (χ2v) is 9.16. The van der Waals surface area contributed by atoms with Gasteiger partial charge in [0, 0.05) is 18.3 Å². The Hall–Kier alpha value is -3.40. The number of benzene rings is 1. The maximum absolute atomic E-state index is 10.4. The van der Waals surface area contributed by atoms with E-state index in [1.165, 1.54) is 29.3 Å². The molecule has 0 spiro atoms. The van der Waals surface area contributed by atoms with Crippen LogP contribution in [0.15, 0.2) is 106 Å². The number of rotatable bonds is 8. The van der Waals surface area contributed by atoms with E-state index in [9.17, 15) is 4.79 Å². The van der Waals surface area contributed by atoms with Crippen LogP contribution in [-0.4, -0.2) is 23.8 Å². The van der Waals surface area contributed by atoms with Crippen LogP contribution in [0.4, 0.5) is 0 Å². The molecule has 3 aliphatic rings. The predicted octanol–water partition coefficient (Wildman–Crippen LogP) is 8.15. The van der Waals surface area contributed by atoms with Crippen LogP contribution in [0.3, 0.4) is 0 Å². The molecule has 1 aliphatic heterocycles. The van der Waals surface area contributed by atoms with E-state index in [0.29, 0.717) is 6.61 Å². The quantitative estimate of drug-likeness (QED) is 0.350. The maximum atomic E-state index is 10.4. The topological polar surface area (TPSA) is 41.9 Å². The van der Waals surface area contributed by atoms with Gasteiger partial charge in [0.1, 0.15) is 6.61 Å². The average Bonchev–Trinajstić information content (AvgIpc) is 2.92. The van der Waals surface area contributed by atoms with Gasteiger partial charge in [-0.1, -0.05) is 93.6 Å². The zero-order valence-corrected chi connectivity index (χ0v) is 22.1. The van der Waals surface area contributed by atoms with Crippen LogP contribution >= 0.6 is 0 Å². The molecule has 2 aliphatic carbocycles. The van der Waals surface area contributed by atoms with Crippen molar-refractivity contribution >= 4 is 12.3 Å². The number of aliphatic imine (C=N–C) groups is 1. The van der Waals surface area contributed by atoms with Crippen molar-refractivity contribution in [1.82, 2.24) is 4.90 Å². The highest BCUT2D eigenvalue weighted by Crippen LogP contribution is 2.38. The van der Waals surface area contributed by atoms with Crippen LogP contribution in [0.5, 0.6) is 0 Å². The molecule has 0 amide bonds. The van der Waals surface area contributed by atoms with Gasteiger partial charge in [0.25, 0.3) is 0 Å². The molecule has 0 aromatic heterocycles. The first-order valence-corrected chi connectivity index (χ1v) is 13.2. The molecule has 1 unspecified atom stereocenters. The van der Waals surface area contributed by atoms with Crippen LogP contribution in [0, 0.1) is 0 Å². The summed E-state index contributed by atoms with van der Waals surface area (Å²) in [6.07, 6.45) is 22.6. The largest absolute Gasteiger partial charge is 0.461 e. The summed E-state index contributed by atoms with van der Waals surface area (Å²) in [6, 6.07) is 10.8. The first kappa shape index (κ1) is 27.2. The minimum atomic E-state index is -0.218. The Balaban J connectivity index is 0.000000275. The minimum absolute atomic E-state index is 0.138. The number of nitrogens with zero attached hydrogens (tertiary/aromatic N) is 2. The lowest BCUT2D eigenvalue weighted by atomic mass is 9.91. The number of hydrogen-bond donors (Lipinski definition) is 0. The summed E-state index contributed by atoms with van der Waals surface area (Å²) < 4.78 is 4.82. The molecule has 1 atom stereocenters. The molecule has 0 saturated carbocycles. The summed E-state index contributed by atoms with van der Waals surface area (Å²) in [4.78, 5) is 17.5. The van der Waals surface area contributed by atoms with Gasteiger partial charge in [0.15, 0.2) is 0 Å². The SMILES string of the molecule is C=C1C(CCC)=C(CC)N=CN1C(C1=CCCC=C1)c1ccccc1.CC(=O)OCC1=CCCC=C1. The van der Waals surface area contributed by atoms with Gasteiger partial charge in [-0.3, -0.25) is 4.79 Å². The summed E-state index contributed by atoms with van der Waals surface area (Å²) in [5, 5.41) is 0. The van der Waals surface area contributed by atoms with Crippen molar-refractivity contribution in [3.63, 3.8) is 0 Å². The highest BCUT2D eigenvalue weighted by Gasteiger charge is 2.28. The molecule has 4 heteroatoms. The molecular formula is C32H40N2O2. The summed E-state index contributed by atoms with van der Waals surface area (Å²) in [5.41, 5.74) is 7.32. The number of ether oxygens (including phenoxy) is 1. The van der Waals surface area contributed by atoms with Crippen LogP contribution in [0.25, 0.3) is 0 Å². The smallest absolute Gasteiger partial charge is 0.302 e. The van der Waals surface area contributed by atoms with Crippen molar-refractivity contribution in [3.8, 4) is 0 Å². The lowest BCUT2D eigenvalue weighted by Crippen LogP contribution is -2.31. The number of hydrogen-bond acceptors (Lipinski definition) is 4. The van der Waals surface area contributed by atoms with E-state index < -0.39 is 0 Å². The normalized spacial score (nSPS) is 17.8. The standard InChI is InChI=1S/C23H28N2.C9H12O2/c1-4-12-21-18(3)25(17-24-22(21)5-2)23(19-13-8-6-9-14-19)20-15-10-7-11-16-20;1-8(10)11-7-9-5-3-2-4-6-9/h6,8-10,13-17,23H,3-5,7,11-12H2,1-2H3;3,5-6H,2,4,7H2,1H3. The van der Waals surface area contributed by atoms with E-state index in [1.54, 1.807) is 0 Å². The lowest BCUT2D eigenvalue weighted by molar-refractivity contribution is -0.139. The summed E-state index contributed by atoms with van der Waals surface area (Å²) in [7, 11) is 0. The average molecular weight is 485 g/mol. The Labute approximate surface area is 217 Å². The van der Waals surface area contributed by atoms with Gasteiger partial charge in [-0.15, -0.1) is 0 Å². The van der Waals surface area contributed by atoms with Crippen LogP contribution in [-0.2, 0) is 9.53 Å². The third kappa shape index (κ3) is 7.55. The molecule has 190 valence electrons. The van der Waals surface area contributed by atoms with E-state index in [4.69, 9.17) is 9.73 Å². The number of esters is 1. The molecule has 1 aromatic rings. The van der Waals surface area contributed by atoms with Crippen molar-refractivity contribution in [3.05, 3.63) is 107 Å². The van der Waals surface area contributed by atoms with Crippen molar-refractivity contribution in [2.45, 2.75) is 71.8 Å². The molecule has 36 heavy (non-hydrogen) atoms. The van der Waals surface area contributed by atoms with Gasteiger partial charge in [-0.05, 0) is 60.8 Å². The molecule has 0 fully saturated rings. The van der Waals surface area contributed by atoms with E-state index in [1.807, 2.05) is 12.4 Å². The van der Waals surface area contributed by atoms with Crippen LogP contribution in [0.2, 0.25) is 0 Å². The zero-order chi connectivity index (χ0) is 25.8. The molecule has 0 N–H and O–H groups in total. The van der Waals surface area contributed by atoms with Crippen LogP contribution in [0.1, 0.15) is 77.3 Å². The fraction of sp³-hybridized carbons (Fsp3) is 0.375. The van der Waals surface area contributed by atoms with Gasteiger partial charge in [-0.2, -0.15) is 0 Å². The fourth-order valence-corrected chi connectivity index (χ4v) is 4.61. The molecule has 0 radical (unpaired) electrons. The summed E-state index contributed by atoms with van der Waals surface area (Å²) in [6.45, 7) is 10.7. The number of carbonyl (C=O) groups is 1. The highest BCUT2D eigenvalue weighted by molar-refractivity contribution is 5.68. The Morgan fingerprint density at radius 1 is 1.06 bits per heavy atom. The van der Waals surface area contributed by atoms with Gasteiger partial charge in [0.05, 0.1) is 12.4 Å². The van der Waals surface area contributed by atoms with Crippen molar-refractivity contribution < 1.29 is 9.53 Å². The van der Waals surface area contributed by atoms with Gasteiger partial charge in [0.2, 0.25) is 0 Å². The van der Waals surface area contributed by atoms with Crippen molar-refractivity contribution in [2.24, 2.45) is 4.99 Å². The van der Waals surface area contributed by atoms with Crippen molar-refractivity contribution in [2.75, 3.05) is 6.61 Å². The zero-order valence-electron chi connectivity index (χ0n) is 22.1. The fourth-order valence-electron chi connectivity index (χ4n) is 4.61.